The first kappa shape index (κ1) is 27.0. The van der Waals surface area contributed by atoms with Crippen LogP contribution in [-0.4, -0.2) is 25.3 Å². The number of benzene rings is 3. The van der Waals surface area contributed by atoms with Gasteiger partial charge in [-0.25, -0.2) is 14.3 Å². The van der Waals surface area contributed by atoms with E-state index < -0.39 is 23.0 Å². The lowest BCUT2D eigenvalue weighted by molar-refractivity contribution is -0.137. The van der Waals surface area contributed by atoms with E-state index in [0.717, 1.165) is 22.3 Å². The summed E-state index contributed by atoms with van der Waals surface area (Å²) in [7, 11) is 0. The average Bonchev–Trinajstić information content (AvgIpc) is 3.34. The molecule has 0 spiro atoms. The molecule has 0 aliphatic rings. The van der Waals surface area contributed by atoms with Crippen molar-refractivity contribution >= 4 is 11.2 Å². The molecule has 5 aromatic rings. The molecule has 0 bridgehead atoms. The lowest BCUT2D eigenvalue weighted by Crippen LogP contribution is -2.41. The highest BCUT2D eigenvalue weighted by molar-refractivity contribution is 5.72. The fourth-order valence-corrected chi connectivity index (χ4v) is 4.55. The molecule has 2 heterocycles. The highest BCUT2D eigenvalue weighted by Gasteiger charge is 2.30. The second-order valence-corrected chi connectivity index (χ2v) is 9.73. The van der Waals surface area contributed by atoms with Gasteiger partial charge in [-0.05, 0) is 53.4 Å². The molecule has 3 aromatic carbocycles. The molecule has 0 amide bonds. The third kappa shape index (κ3) is 5.42. The van der Waals surface area contributed by atoms with Crippen molar-refractivity contribution in [3.8, 4) is 11.4 Å². The monoisotopic (exact) mass is 548 g/mol. The van der Waals surface area contributed by atoms with Crippen LogP contribution < -0.4 is 16.0 Å². The van der Waals surface area contributed by atoms with Gasteiger partial charge in [0.15, 0.2) is 11.2 Å². The summed E-state index contributed by atoms with van der Waals surface area (Å²) in [6.07, 6.45) is -3.13. The molecule has 0 radical (unpaired) electrons. The van der Waals surface area contributed by atoms with Crippen LogP contribution in [0.3, 0.4) is 0 Å². The lowest BCUT2D eigenvalue weighted by Gasteiger charge is -2.14. The molecule has 2 aromatic heterocycles. The van der Waals surface area contributed by atoms with Gasteiger partial charge in [0.1, 0.15) is 12.4 Å². The number of hydrogen-bond donors (Lipinski definition) is 0. The van der Waals surface area contributed by atoms with E-state index in [0.29, 0.717) is 17.0 Å². The first-order valence-electron chi connectivity index (χ1n) is 12.8. The van der Waals surface area contributed by atoms with Gasteiger partial charge in [-0.15, -0.1) is 0 Å². The van der Waals surface area contributed by atoms with Crippen LogP contribution in [0.2, 0.25) is 0 Å². The van der Waals surface area contributed by atoms with Crippen molar-refractivity contribution < 1.29 is 17.9 Å². The number of alkyl halides is 3. The molecule has 5 rings (SSSR count). The summed E-state index contributed by atoms with van der Waals surface area (Å²) in [5, 5.41) is 0. The van der Waals surface area contributed by atoms with Crippen LogP contribution in [-0.2, 0) is 19.3 Å². The molecule has 0 aliphatic carbocycles. The molecule has 40 heavy (non-hydrogen) atoms. The molecular weight excluding hydrogens is 521 g/mol. The fraction of sp³-hybridized carbons (Fsp3) is 0.233. The highest BCUT2D eigenvalue weighted by atomic mass is 19.4. The Kier molecular flexibility index (Phi) is 7.34. The third-order valence-electron chi connectivity index (χ3n) is 6.65. The van der Waals surface area contributed by atoms with Crippen molar-refractivity contribution in [2.75, 3.05) is 6.61 Å². The van der Waals surface area contributed by atoms with Gasteiger partial charge in [-0.3, -0.25) is 9.36 Å². The van der Waals surface area contributed by atoms with Crippen LogP contribution in [0.5, 0.6) is 5.75 Å². The van der Waals surface area contributed by atoms with Crippen molar-refractivity contribution in [2.45, 2.75) is 39.0 Å². The van der Waals surface area contributed by atoms with Gasteiger partial charge in [-0.2, -0.15) is 13.2 Å². The molecule has 0 saturated heterocycles. The second kappa shape index (κ2) is 10.9. The molecule has 10 heteroatoms. The summed E-state index contributed by atoms with van der Waals surface area (Å²) in [5.74, 6) is 0.873. The number of nitrogens with zero attached hydrogens (tertiary/aromatic N) is 4. The maximum absolute atomic E-state index is 13.7. The van der Waals surface area contributed by atoms with Gasteiger partial charge in [-0.1, -0.05) is 56.3 Å². The molecule has 206 valence electrons. The van der Waals surface area contributed by atoms with Crippen LogP contribution in [0.1, 0.15) is 36.5 Å². The van der Waals surface area contributed by atoms with Crippen LogP contribution in [0, 0.1) is 0 Å². The smallest absolute Gasteiger partial charge is 0.416 e. The minimum atomic E-state index is -4.50. The highest BCUT2D eigenvalue weighted by Crippen LogP contribution is 2.30. The fourth-order valence-electron chi connectivity index (χ4n) is 4.55. The van der Waals surface area contributed by atoms with E-state index in [9.17, 15) is 22.8 Å². The zero-order chi connectivity index (χ0) is 28.4. The largest absolute Gasteiger partial charge is 0.492 e. The Labute approximate surface area is 227 Å². The summed E-state index contributed by atoms with van der Waals surface area (Å²) in [4.78, 5) is 31.7. The first-order valence-corrected chi connectivity index (χ1v) is 12.8. The molecular formula is C30H27F3N4O3. The maximum atomic E-state index is 13.7. The Bertz CT molecular complexity index is 1750. The van der Waals surface area contributed by atoms with Crippen molar-refractivity contribution in [1.82, 2.24) is 18.7 Å². The second-order valence-electron chi connectivity index (χ2n) is 9.73. The zero-order valence-corrected chi connectivity index (χ0v) is 21.9. The standard InChI is InChI=1S/C30H27F3N4O3/c1-20(2)22-11-13-24(14-12-22)37-27-26(28(38)36(29(37)39)15-16-40-25-9-4-3-5-10-25)35(19-34-27)18-21-7-6-8-23(17-21)30(31,32)33/h3-14,17,19-20H,15-16,18H2,1-2H3. The van der Waals surface area contributed by atoms with Gasteiger partial charge >= 0.3 is 11.9 Å². The Morgan fingerprint density at radius 3 is 2.33 bits per heavy atom. The van der Waals surface area contributed by atoms with Gasteiger partial charge in [0.2, 0.25) is 0 Å². The molecule has 0 saturated carbocycles. The van der Waals surface area contributed by atoms with E-state index in [4.69, 9.17) is 4.74 Å². The normalized spacial score (nSPS) is 11.8. The van der Waals surface area contributed by atoms with E-state index in [1.165, 1.54) is 21.5 Å². The predicted octanol–water partition coefficient (Wildman–Crippen LogP) is 5.62. The Morgan fingerprint density at radius 2 is 1.65 bits per heavy atom. The number of aromatic nitrogens is 4. The maximum Gasteiger partial charge on any atom is 0.416 e. The minimum Gasteiger partial charge on any atom is -0.492 e. The number of ether oxygens (including phenoxy) is 1. The van der Waals surface area contributed by atoms with Crippen LogP contribution in [0.25, 0.3) is 16.9 Å². The van der Waals surface area contributed by atoms with E-state index in [-0.39, 0.29) is 36.8 Å². The third-order valence-corrected chi connectivity index (χ3v) is 6.65. The summed E-state index contributed by atoms with van der Waals surface area (Å²) in [6, 6.07) is 21.3. The summed E-state index contributed by atoms with van der Waals surface area (Å²) < 4.78 is 49.5. The van der Waals surface area contributed by atoms with Crippen LogP contribution in [0.15, 0.2) is 94.8 Å². The Hall–Kier alpha value is -4.60. The molecule has 0 N–H and O–H groups in total. The lowest BCUT2D eigenvalue weighted by atomic mass is 10.0. The summed E-state index contributed by atoms with van der Waals surface area (Å²) in [5.41, 5.74) is 0.184. The van der Waals surface area contributed by atoms with Crippen LogP contribution in [0.4, 0.5) is 13.2 Å². The van der Waals surface area contributed by atoms with E-state index in [1.54, 1.807) is 30.3 Å². The Morgan fingerprint density at radius 1 is 0.925 bits per heavy atom. The average molecular weight is 549 g/mol. The van der Waals surface area contributed by atoms with Crippen molar-refractivity contribution in [3.63, 3.8) is 0 Å². The van der Waals surface area contributed by atoms with E-state index >= 15 is 0 Å². The van der Waals surface area contributed by atoms with Crippen molar-refractivity contribution in [1.29, 1.82) is 0 Å². The number of fused-ring (bicyclic) bond motifs is 1. The minimum absolute atomic E-state index is 0.0404. The van der Waals surface area contributed by atoms with Gasteiger partial charge in [0.05, 0.1) is 24.1 Å². The number of hydrogen-bond acceptors (Lipinski definition) is 4. The Balaban J connectivity index is 1.61. The van der Waals surface area contributed by atoms with Crippen molar-refractivity contribution in [2.24, 2.45) is 0 Å². The van der Waals surface area contributed by atoms with Gasteiger partial charge < -0.3 is 9.30 Å². The molecule has 0 fully saturated rings. The number of rotatable bonds is 8. The number of para-hydroxylation sites is 1. The quantitative estimate of drug-likeness (QED) is 0.253. The first-order chi connectivity index (χ1) is 19.1. The summed E-state index contributed by atoms with van der Waals surface area (Å²) in [6.45, 7) is 4.09. The molecule has 0 atom stereocenters. The van der Waals surface area contributed by atoms with Crippen molar-refractivity contribution in [3.05, 3.63) is 123 Å². The number of halogens is 3. The number of imidazole rings is 1. The van der Waals surface area contributed by atoms with Gasteiger partial charge in [0.25, 0.3) is 5.56 Å². The van der Waals surface area contributed by atoms with E-state index in [1.807, 2.05) is 30.3 Å². The predicted molar refractivity (Wildman–Crippen MR) is 146 cm³/mol. The molecule has 0 aliphatic heterocycles. The van der Waals surface area contributed by atoms with Gasteiger partial charge in [0, 0.05) is 6.54 Å². The zero-order valence-electron chi connectivity index (χ0n) is 21.9. The van der Waals surface area contributed by atoms with E-state index in [2.05, 4.69) is 18.8 Å². The SMILES string of the molecule is CC(C)c1ccc(-n2c(=O)n(CCOc3ccccc3)c(=O)c3c2ncn3Cc2cccc(C(F)(F)F)c2)cc1. The molecule has 7 nitrogen and oxygen atoms in total. The summed E-state index contributed by atoms with van der Waals surface area (Å²) >= 11 is 0. The topological polar surface area (TPSA) is 71.1 Å². The van der Waals surface area contributed by atoms with Crippen LogP contribution >= 0.6 is 0 Å². The molecule has 0 unspecified atom stereocenters.